The minimum absolute atomic E-state index is 0.0593. The van der Waals surface area contributed by atoms with E-state index in [2.05, 4.69) is 39.2 Å². The monoisotopic (exact) mass is 508 g/mol. The number of H-pyrrole nitrogens is 1. The van der Waals surface area contributed by atoms with Gasteiger partial charge in [0.2, 0.25) is 0 Å². The van der Waals surface area contributed by atoms with Gasteiger partial charge in [-0.05, 0) is 62.3 Å². The average Bonchev–Trinajstić information content (AvgIpc) is 2.90. The standard InChI is InChI=1S/C28H36N4O3S/c1-3-35-25-10-11-26-23(19-25)18-24(27(33)30-26)20-32(13-7-12-31-14-16-34-17-15-31)28(36)29-21(2)22-8-5-4-6-9-22/h4-6,8-11,18-19,21H,3,7,12-17,20H2,1-2H3,(H,29,36)(H,30,33). The van der Waals surface area contributed by atoms with E-state index in [9.17, 15) is 4.79 Å². The summed E-state index contributed by atoms with van der Waals surface area (Å²) in [6.45, 7) is 10.3. The highest BCUT2D eigenvalue weighted by Gasteiger charge is 2.17. The van der Waals surface area contributed by atoms with Gasteiger partial charge in [-0.15, -0.1) is 0 Å². The fourth-order valence-corrected chi connectivity index (χ4v) is 4.81. The van der Waals surface area contributed by atoms with Gasteiger partial charge in [-0.1, -0.05) is 30.3 Å². The summed E-state index contributed by atoms with van der Waals surface area (Å²) in [4.78, 5) is 20.5. The first kappa shape index (κ1) is 26.1. The van der Waals surface area contributed by atoms with Crippen molar-refractivity contribution in [3.63, 3.8) is 0 Å². The van der Waals surface area contributed by atoms with Crippen LogP contribution in [-0.4, -0.2) is 65.9 Å². The third kappa shape index (κ3) is 7.06. The lowest BCUT2D eigenvalue weighted by Gasteiger charge is -2.30. The second-order valence-electron chi connectivity index (χ2n) is 9.12. The summed E-state index contributed by atoms with van der Waals surface area (Å²) in [5, 5.41) is 5.07. The lowest BCUT2D eigenvalue weighted by molar-refractivity contribution is 0.0367. The van der Waals surface area contributed by atoms with Gasteiger partial charge in [0.1, 0.15) is 5.75 Å². The van der Waals surface area contributed by atoms with Gasteiger partial charge in [-0.3, -0.25) is 9.69 Å². The maximum atomic E-state index is 13.0. The Hall–Kier alpha value is -2.94. The van der Waals surface area contributed by atoms with Crippen LogP contribution in [0.4, 0.5) is 0 Å². The normalized spacial score (nSPS) is 14.9. The number of aromatic nitrogens is 1. The number of aromatic amines is 1. The van der Waals surface area contributed by atoms with Crippen LogP contribution in [0.5, 0.6) is 5.75 Å². The molecule has 0 spiro atoms. The zero-order valence-electron chi connectivity index (χ0n) is 21.2. The smallest absolute Gasteiger partial charge is 0.253 e. The molecule has 1 fully saturated rings. The third-order valence-electron chi connectivity index (χ3n) is 6.50. The van der Waals surface area contributed by atoms with Gasteiger partial charge in [0, 0.05) is 42.6 Å². The minimum atomic E-state index is -0.0938. The average molecular weight is 509 g/mol. The summed E-state index contributed by atoms with van der Waals surface area (Å²) < 4.78 is 11.1. The van der Waals surface area contributed by atoms with Gasteiger partial charge in [0.05, 0.1) is 32.4 Å². The first-order valence-electron chi connectivity index (χ1n) is 12.7. The van der Waals surface area contributed by atoms with Crippen LogP contribution in [0, 0.1) is 0 Å². The Balaban J connectivity index is 1.51. The number of fused-ring (bicyclic) bond motifs is 1. The number of rotatable bonds is 10. The van der Waals surface area contributed by atoms with Crippen molar-refractivity contribution in [1.82, 2.24) is 20.1 Å². The molecule has 1 aliphatic rings. The Morgan fingerprint density at radius 2 is 1.97 bits per heavy atom. The summed E-state index contributed by atoms with van der Waals surface area (Å²) in [5.41, 5.74) is 2.55. The van der Waals surface area contributed by atoms with Crippen molar-refractivity contribution in [2.24, 2.45) is 0 Å². The number of thiocarbonyl (C=S) groups is 1. The summed E-state index contributed by atoms with van der Waals surface area (Å²) >= 11 is 5.86. The highest BCUT2D eigenvalue weighted by molar-refractivity contribution is 7.80. The van der Waals surface area contributed by atoms with E-state index in [0.717, 1.165) is 62.5 Å². The molecule has 0 aliphatic carbocycles. The molecule has 1 aliphatic heterocycles. The number of benzene rings is 2. The minimum Gasteiger partial charge on any atom is -0.494 e. The lowest BCUT2D eigenvalue weighted by atomic mass is 10.1. The molecule has 0 bridgehead atoms. The molecule has 1 aromatic heterocycles. The second kappa shape index (κ2) is 12.9. The Morgan fingerprint density at radius 1 is 1.19 bits per heavy atom. The maximum Gasteiger partial charge on any atom is 0.253 e. The molecule has 0 radical (unpaired) electrons. The molecule has 0 amide bonds. The van der Waals surface area contributed by atoms with Crippen molar-refractivity contribution in [2.75, 3.05) is 46.0 Å². The molecule has 4 rings (SSSR count). The summed E-state index contributed by atoms with van der Waals surface area (Å²) in [6.07, 6.45) is 0.946. The topological polar surface area (TPSA) is 69.8 Å². The van der Waals surface area contributed by atoms with E-state index >= 15 is 0 Å². The Kier molecular flexibility index (Phi) is 9.33. The van der Waals surface area contributed by atoms with Crippen LogP contribution < -0.4 is 15.6 Å². The second-order valence-corrected chi connectivity index (χ2v) is 9.50. The van der Waals surface area contributed by atoms with Gasteiger partial charge < -0.3 is 24.7 Å². The molecule has 1 atom stereocenters. The Labute approximate surface area is 218 Å². The van der Waals surface area contributed by atoms with E-state index in [0.29, 0.717) is 23.8 Å². The molecule has 2 heterocycles. The van der Waals surface area contributed by atoms with E-state index in [-0.39, 0.29) is 11.6 Å². The number of nitrogens with one attached hydrogen (secondary N) is 2. The highest BCUT2D eigenvalue weighted by Crippen LogP contribution is 2.20. The fourth-order valence-electron chi connectivity index (χ4n) is 4.47. The molecule has 8 heteroatoms. The van der Waals surface area contributed by atoms with Gasteiger partial charge in [-0.25, -0.2) is 0 Å². The highest BCUT2D eigenvalue weighted by atomic mass is 32.1. The van der Waals surface area contributed by atoms with Crippen LogP contribution in [0.25, 0.3) is 10.9 Å². The SMILES string of the molecule is CCOc1ccc2[nH]c(=O)c(CN(CCCN3CCOCC3)C(=S)NC(C)c3ccccc3)cc2c1. The van der Waals surface area contributed by atoms with Crippen molar-refractivity contribution in [2.45, 2.75) is 32.9 Å². The van der Waals surface area contributed by atoms with Crippen LogP contribution >= 0.6 is 12.2 Å². The zero-order chi connectivity index (χ0) is 25.3. The van der Waals surface area contributed by atoms with Crippen LogP contribution in [0.1, 0.15) is 37.4 Å². The predicted octanol–water partition coefficient (Wildman–Crippen LogP) is 4.09. The van der Waals surface area contributed by atoms with Crippen LogP contribution in [0.3, 0.4) is 0 Å². The summed E-state index contributed by atoms with van der Waals surface area (Å²) in [5.74, 6) is 0.791. The van der Waals surface area contributed by atoms with Crippen molar-refractivity contribution in [3.05, 3.63) is 76.1 Å². The van der Waals surface area contributed by atoms with E-state index in [1.807, 2.05) is 49.4 Å². The molecule has 0 saturated carbocycles. The largest absolute Gasteiger partial charge is 0.494 e. The summed E-state index contributed by atoms with van der Waals surface area (Å²) in [7, 11) is 0. The van der Waals surface area contributed by atoms with Gasteiger partial charge in [0.25, 0.3) is 5.56 Å². The van der Waals surface area contributed by atoms with Gasteiger partial charge in [-0.2, -0.15) is 0 Å². The van der Waals surface area contributed by atoms with E-state index in [1.54, 1.807) is 0 Å². The van der Waals surface area contributed by atoms with Crippen molar-refractivity contribution in [3.8, 4) is 5.75 Å². The van der Waals surface area contributed by atoms with E-state index < -0.39 is 0 Å². The van der Waals surface area contributed by atoms with Crippen molar-refractivity contribution in [1.29, 1.82) is 0 Å². The van der Waals surface area contributed by atoms with Crippen LogP contribution in [0.2, 0.25) is 0 Å². The predicted molar refractivity (Wildman–Crippen MR) is 149 cm³/mol. The Bertz CT molecular complexity index is 1190. The first-order valence-corrected chi connectivity index (χ1v) is 13.1. The molecule has 7 nitrogen and oxygen atoms in total. The number of hydrogen-bond acceptors (Lipinski definition) is 5. The fraction of sp³-hybridized carbons (Fsp3) is 0.429. The first-order chi connectivity index (χ1) is 17.5. The van der Waals surface area contributed by atoms with Crippen molar-refractivity contribution < 1.29 is 9.47 Å². The molecule has 36 heavy (non-hydrogen) atoms. The Morgan fingerprint density at radius 3 is 2.72 bits per heavy atom. The van der Waals surface area contributed by atoms with Crippen molar-refractivity contribution >= 4 is 28.2 Å². The molecule has 1 unspecified atom stereocenters. The molecular weight excluding hydrogens is 472 g/mol. The maximum absolute atomic E-state index is 13.0. The number of pyridine rings is 1. The van der Waals surface area contributed by atoms with Crippen LogP contribution in [0.15, 0.2) is 59.4 Å². The van der Waals surface area contributed by atoms with E-state index in [4.69, 9.17) is 21.7 Å². The zero-order valence-corrected chi connectivity index (χ0v) is 22.0. The molecular formula is C28H36N4O3S. The molecule has 2 N–H and O–H groups in total. The quantitative estimate of drug-likeness (QED) is 0.400. The van der Waals surface area contributed by atoms with Gasteiger partial charge in [0.15, 0.2) is 5.11 Å². The lowest BCUT2D eigenvalue weighted by Crippen LogP contribution is -2.43. The molecule has 1 saturated heterocycles. The number of hydrogen-bond donors (Lipinski definition) is 2. The molecule has 3 aromatic rings. The van der Waals surface area contributed by atoms with E-state index in [1.165, 1.54) is 5.56 Å². The summed E-state index contributed by atoms with van der Waals surface area (Å²) in [6, 6.07) is 18.0. The number of morpholine rings is 1. The third-order valence-corrected chi connectivity index (χ3v) is 6.87. The van der Waals surface area contributed by atoms with Crippen LogP contribution in [-0.2, 0) is 11.3 Å². The van der Waals surface area contributed by atoms with Gasteiger partial charge >= 0.3 is 0 Å². The molecule has 192 valence electrons. The number of ether oxygens (including phenoxy) is 2. The molecule has 2 aromatic carbocycles. The number of nitrogens with zero attached hydrogens (tertiary/aromatic N) is 2.